The Morgan fingerprint density at radius 2 is 2.27 bits per heavy atom. The molecule has 15 heavy (non-hydrogen) atoms. The Morgan fingerprint density at radius 1 is 1.53 bits per heavy atom. The van der Waals surface area contributed by atoms with E-state index in [0.717, 1.165) is 11.3 Å². The lowest BCUT2D eigenvalue weighted by molar-refractivity contribution is -0.143. The fourth-order valence-corrected chi connectivity index (χ4v) is 1.29. The Morgan fingerprint density at radius 3 is 2.87 bits per heavy atom. The van der Waals surface area contributed by atoms with Gasteiger partial charge in [-0.25, -0.2) is 9.97 Å². The fraction of sp³-hybridized carbons (Fsp3) is 0.500. The van der Waals surface area contributed by atoms with E-state index in [1.54, 1.807) is 6.92 Å². The molecular formula is C10H15N3O2. The van der Waals surface area contributed by atoms with Gasteiger partial charge in [0.2, 0.25) is 0 Å². The van der Waals surface area contributed by atoms with E-state index in [9.17, 15) is 4.79 Å². The van der Waals surface area contributed by atoms with E-state index >= 15 is 0 Å². The molecular weight excluding hydrogens is 194 g/mol. The van der Waals surface area contributed by atoms with E-state index in [0.29, 0.717) is 25.3 Å². The third-order valence-corrected chi connectivity index (χ3v) is 2.08. The van der Waals surface area contributed by atoms with Crippen molar-refractivity contribution in [2.45, 2.75) is 26.7 Å². The van der Waals surface area contributed by atoms with Crippen molar-refractivity contribution in [3.05, 3.63) is 17.6 Å². The predicted octanol–water partition coefficient (Wildman–Crippen LogP) is 0.863. The summed E-state index contributed by atoms with van der Waals surface area (Å²) >= 11 is 0. The van der Waals surface area contributed by atoms with Crippen LogP contribution in [0.2, 0.25) is 0 Å². The number of aromatic nitrogens is 2. The molecule has 5 heteroatoms. The zero-order valence-electron chi connectivity index (χ0n) is 8.99. The Hall–Kier alpha value is -1.65. The van der Waals surface area contributed by atoms with Crippen molar-refractivity contribution in [3.63, 3.8) is 0 Å². The van der Waals surface area contributed by atoms with Crippen molar-refractivity contribution in [2.75, 3.05) is 12.3 Å². The molecule has 5 nitrogen and oxygen atoms in total. The van der Waals surface area contributed by atoms with Gasteiger partial charge in [-0.3, -0.25) is 4.79 Å². The highest BCUT2D eigenvalue weighted by molar-refractivity contribution is 5.70. The van der Waals surface area contributed by atoms with Crippen molar-refractivity contribution < 1.29 is 9.53 Å². The lowest BCUT2D eigenvalue weighted by atomic mass is 10.1. The Kier molecular flexibility index (Phi) is 4.03. The number of nitrogens with zero attached hydrogens (tertiary/aromatic N) is 2. The molecule has 0 atom stereocenters. The monoisotopic (exact) mass is 209 g/mol. The van der Waals surface area contributed by atoms with Crippen LogP contribution in [0.25, 0.3) is 0 Å². The number of rotatable bonds is 4. The zero-order valence-corrected chi connectivity index (χ0v) is 8.99. The first-order valence-corrected chi connectivity index (χ1v) is 4.86. The van der Waals surface area contributed by atoms with Crippen molar-refractivity contribution in [1.29, 1.82) is 0 Å². The number of esters is 1. The maximum Gasteiger partial charge on any atom is 0.306 e. The summed E-state index contributed by atoms with van der Waals surface area (Å²) in [4.78, 5) is 19.0. The second-order valence-electron chi connectivity index (χ2n) is 3.13. The first-order chi connectivity index (χ1) is 7.15. The number of hydrogen-bond donors (Lipinski definition) is 1. The van der Waals surface area contributed by atoms with Crippen molar-refractivity contribution in [1.82, 2.24) is 9.97 Å². The summed E-state index contributed by atoms with van der Waals surface area (Å²) in [6.07, 6.45) is 2.25. The molecule has 0 saturated heterocycles. The molecule has 82 valence electrons. The van der Waals surface area contributed by atoms with Gasteiger partial charge in [-0.05, 0) is 20.3 Å². The molecule has 0 aliphatic carbocycles. The molecule has 0 aliphatic heterocycles. The predicted molar refractivity (Wildman–Crippen MR) is 56.1 cm³/mol. The number of nitrogen functional groups attached to an aromatic ring is 1. The normalized spacial score (nSPS) is 10.0. The van der Waals surface area contributed by atoms with Crippen LogP contribution in [-0.4, -0.2) is 22.5 Å². The minimum Gasteiger partial charge on any atom is -0.466 e. The highest BCUT2D eigenvalue weighted by atomic mass is 16.5. The number of aryl methyl sites for hydroxylation is 1. The van der Waals surface area contributed by atoms with E-state index < -0.39 is 0 Å². The average Bonchev–Trinajstić information content (AvgIpc) is 2.17. The summed E-state index contributed by atoms with van der Waals surface area (Å²) in [7, 11) is 0. The van der Waals surface area contributed by atoms with Gasteiger partial charge in [0.05, 0.1) is 6.61 Å². The minimum atomic E-state index is -0.222. The first-order valence-electron chi connectivity index (χ1n) is 4.86. The van der Waals surface area contributed by atoms with Gasteiger partial charge in [0, 0.05) is 17.7 Å². The van der Waals surface area contributed by atoms with Gasteiger partial charge in [0.25, 0.3) is 0 Å². The second kappa shape index (κ2) is 5.29. The summed E-state index contributed by atoms with van der Waals surface area (Å²) in [6.45, 7) is 4.03. The number of carbonyl (C=O) groups excluding carboxylic acids is 1. The lowest BCUT2D eigenvalue weighted by Crippen LogP contribution is -2.08. The van der Waals surface area contributed by atoms with Crippen LogP contribution in [0.15, 0.2) is 6.33 Å². The Balaban J connectivity index is 2.61. The van der Waals surface area contributed by atoms with E-state index in [1.165, 1.54) is 6.33 Å². The summed E-state index contributed by atoms with van der Waals surface area (Å²) in [5.41, 5.74) is 7.31. The largest absolute Gasteiger partial charge is 0.466 e. The van der Waals surface area contributed by atoms with Crippen LogP contribution in [0.1, 0.15) is 24.6 Å². The minimum absolute atomic E-state index is 0.222. The number of anilines is 1. The van der Waals surface area contributed by atoms with Crippen molar-refractivity contribution in [2.24, 2.45) is 0 Å². The maximum absolute atomic E-state index is 11.1. The van der Waals surface area contributed by atoms with Crippen LogP contribution in [0.5, 0.6) is 0 Å². The van der Waals surface area contributed by atoms with Gasteiger partial charge in [0.15, 0.2) is 0 Å². The van der Waals surface area contributed by atoms with E-state index in [4.69, 9.17) is 10.5 Å². The van der Waals surface area contributed by atoms with Crippen LogP contribution in [-0.2, 0) is 16.0 Å². The molecule has 0 amide bonds. The van der Waals surface area contributed by atoms with Crippen LogP contribution in [0, 0.1) is 6.92 Å². The number of carbonyl (C=O) groups is 1. The molecule has 0 aromatic carbocycles. The molecule has 0 unspecified atom stereocenters. The third-order valence-electron chi connectivity index (χ3n) is 2.08. The maximum atomic E-state index is 11.1. The molecule has 1 aromatic heterocycles. The SMILES string of the molecule is CCOC(=O)CCc1c(C)ncnc1N. The van der Waals surface area contributed by atoms with Gasteiger partial charge in [0.1, 0.15) is 12.1 Å². The average molecular weight is 209 g/mol. The number of hydrogen-bond acceptors (Lipinski definition) is 5. The first kappa shape index (κ1) is 11.4. The van der Waals surface area contributed by atoms with Gasteiger partial charge in [-0.1, -0.05) is 0 Å². The molecule has 2 N–H and O–H groups in total. The summed E-state index contributed by atoms with van der Waals surface area (Å²) in [5, 5.41) is 0. The lowest BCUT2D eigenvalue weighted by Gasteiger charge is -2.06. The molecule has 0 aliphatic rings. The van der Waals surface area contributed by atoms with Gasteiger partial charge < -0.3 is 10.5 Å². The number of ether oxygens (including phenoxy) is 1. The zero-order chi connectivity index (χ0) is 11.3. The van der Waals surface area contributed by atoms with Crippen LogP contribution in [0.3, 0.4) is 0 Å². The Bertz CT molecular complexity index is 332. The molecule has 0 spiro atoms. The summed E-state index contributed by atoms with van der Waals surface area (Å²) < 4.78 is 4.82. The van der Waals surface area contributed by atoms with Crippen LogP contribution < -0.4 is 5.73 Å². The topological polar surface area (TPSA) is 78.1 Å². The molecule has 0 fully saturated rings. The third kappa shape index (κ3) is 3.19. The van der Waals surface area contributed by atoms with Gasteiger partial charge in [-0.2, -0.15) is 0 Å². The fourth-order valence-electron chi connectivity index (χ4n) is 1.29. The molecule has 1 rings (SSSR count). The molecule has 0 bridgehead atoms. The smallest absolute Gasteiger partial charge is 0.306 e. The molecule has 0 saturated carbocycles. The second-order valence-corrected chi connectivity index (χ2v) is 3.13. The standard InChI is InChI=1S/C10H15N3O2/c1-3-15-9(14)5-4-8-7(2)12-6-13-10(8)11/h6H,3-5H2,1-2H3,(H2,11,12,13). The van der Waals surface area contributed by atoms with Gasteiger partial charge >= 0.3 is 5.97 Å². The molecule has 1 heterocycles. The molecule has 0 radical (unpaired) electrons. The molecule has 1 aromatic rings. The highest BCUT2D eigenvalue weighted by Crippen LogP contribution is 2.13. The van der Waals surface area contributed by atoms with E-state index in [1.807, 2.05) is 6.92 Å². The van der Waals surface area contributed by atoms with Crippen LogP contribution >= 0.6 is 0 Å². The Labute approximate surface area is 88.7 Å². The van der Waals surface area contributed by atoms with E-state index in [-0.39, 0.29) is 5.97 Å². The van der Waals surface area contributed by atoms with Crippen molar-refractivity contribution >= 4 is 11.8 Å². The number of nitrogens with two attached hydrogens (primary N) is 1. The quantitative estimate of drug-likeness (QED) is 0.744. The highest BCUT2D eigenvalue weighted by Gasteiger charge is 2.08. The van der Waals surface area contributed by atoms with E-state index in [2.05, 4.69) is 9.97 Å². The van der Waals surface area contributed by atoms with Crippen LogP contribution in [0.4, 0.5) is 5.82 Å². The summed E-state index contributed by atoms with van der Waals surface area (Å²) in [5.74, 6) is 0.215. The van der Waals surface area contributed by atoms with Crippen molar-refractivity contribution in [3.8, 4) is 0 Å². The summed E-state index contributed by atoms with van der Waals surface area (Å²) in [6, 6.07) is 0. The van der Waals surface area contributed by atoms with Gasteiger partial charge in [-0.15, -0.1) is 0 Å².